The molecule has 1 unspecified atom stereocenters. The molecule has 0 amide bonds. The van der Waals surface area contributed by atoms with E-state index in [2.05, 4.69) is 103 Å². The molecule has 0 saturated carbocycles. The molecule has 0 saturated heterocycles. The lowest BCUT2D eigenvalue weighted by atomic mass is 9.69. The Hall–Kier alpha value is -3.84. The molecule has 3 aliphatic rings. The van der Waals surface area contributed by atoms with Gasteiger partial charge in [0.1, 0.15) is 0 Å². The maximum atomic E-state index is 6.43. The highest BCUT2D eigenvalue weighted by molar-refractivity contribution is 5.97. The maximum Gasteiger partial charge on any atom is 0.0723 e. The molecule has 4 aromatic carbocycles. The smallest absolute Gasteiger partial charge is 0.0723 e. The van der Waals surface area contributed by atoms with Crippen LogP contribution >= 0.6 is 0 Å². The quantitative estimate of drug-likeness (QED) is 0.337. The first-order valence-corrected chi connectivity index (χ1v) is 11.8. The normalized spacial score (nSPS) is 19.4. The van der Waals surface area contributed by atoms with Gasteiger partial charge < -0.3 is 5.73 Å². The van der Waals surface area contributed by atoms with Crippen molar-refractivity contribution in [1.82, 2.24) is 0 Å². The van der Waals surface area contributed by atoms with Gasteiger partial charge in [0, 0.05) is 5.69 Å². The maximum absolute atomic E-state index is 6.43. The monoisotopic (exact) mass is 423 g/mol. The number of anilines is 1. The summed E-state index contributed by atoms with van der Waals surface area (Å²) in [6.45, 7) is 0. The Labute approximate surface area is 194 Å². The van der Waals surface area contributed by atoms with Crippen LogP contribution in [0.25, 0.3) is 16.7 Å². The average Bonchev–Trinajstić information content (AvgIpc) is 3.32. The molecule has 3 aliphatic carbocycles. The van der Waals surface area contributed by atoms with Crippen LogP contribution in [0.15, 0.2) is 109 Å². The number of fused-ring (bicyclic) bond motifs is 9. The van der Waals surface area contributed by atoms with Crippen LogP contribution in [0.5, 0.6) is 0 Å². The summed E-state index contributed by atoms with van der Waals surface area (Å²) in [6, 6.07) is 33.3. The molecular formula is C32H25N. The average molecular weight is 424 g/mol. The van der Waals surface area contributed by atoms with Crippen molar-refractivity contribution in [1.29, 1.82) is 0 Å². The summed E-state index contributed by atoms with van der Waals surface area (Å²) in [7, 11) is 0. The molecular weight excluding hydrogens is 398 g/mol. The zero-order valence-corrected chi connectivity index (χ0v) is 18.5. The SMILES string of the molecule is Nc1ccc2c(c1)C1(C3=C(CCC=C3)c3ccccc31)c1cccc(Cc3ccccc3)c1-2. The molecule has 1 nitrogen and oxygen atoms in total. The van der Waals surface area contributed by atoms with Crippen LogP contribution in [0.1, 0.15) is 46.2 Å². The van der Waals surface area contributed by atoms with Crippen molar-refractivity contribution in [2.75, 3.05) is 5.73 Å². The number of hydrogen-bond donors (Lipinski definition) is 1. The van der Waals surface area contributed by atoms with Gasteiger partial charge in [0.15, 0.2) is 0 Å². The molecule has 0 radical (unpaired) electrons. The second kappa shape index (κ2) is 6.83. The highest BCUT2D eigenvalue weighted by Crippen LogP contribution is 2.64. The topological polar surface area (TPSA) is 26.0 Å². The Morgan fingerprint density at radius 3 is 2.45 bits per heavy atom. The number of rotatable bonds is 2. The minimum Gasteiger partial charge on any atom is -0.399 e. The fourth-order valence-corrected chi connectivity index (χ4v) is 6.52. The summed E-state index contributed by atoms with van der Waals surface area (Å²) >= 11 is 0. The lowest BCUT2D eigenvalue weighted by Crippen LogP contribution is -2.27. The lowest BCUT2D eigenvalue weighted by Gasteiger charge is -2.32. The van der Waals surface area contributed by atoms with E-state index in [9.17, 15) is 0 Å². The molecule has 0 fully saturated rings. The Morgan fingerprint density at radius 2 is 1.55 bits per heavy atom. The predicted molar refractivity (Wildman–Crippen MR) is 137 cm³/mol. The summed E-state index contributed by atoms with van der Waals surface area (Å²) in [4.78, 5) is 0. The van der Waals surface area contributed by atoms with Crippen LogP contribution in [0.3, 0.4) is 0 Å². The van der Waals surface area contributed by atoms with Gasteiger partial charge in [0.25, 0.3) is 0 Å². The third-order valence-corrected chi connectivity index (χ3v) is 7.74. The van der Waals surface area contributed by atoms with E-state index < -0.39 is 0 Å². The molecule has 0 heterocycles. The van der Waals surface area contributed by atoms with Gasteiger partial charge in [0.05, 0.1) is 5.41 Å². The van der Waals surface area contributed by atoms with Gasteiger partial charge >= 0.3 is 0 Å². The zero-order chi connectivity index (χ0) is 22.0. The number of hydrogen-bond acceptors (Lipinski definition) is 1. The van der Waals surface area contributed by atoms with Gasteiger partial charge in [-0.15, -0.1) is 0 Å². The van der Waals surface area contributed by atoms with E-state index >= 15 is 0 Å². The van der Waals surface area contributed by atoms with E-state index in [1.54, 1.807) is 0 Å². The first-order valence-electron chi connectivity index (χ1n) is 11.8. The number of nitrogens with two attached hydrogens (primary N) is 1. The third kappa shape index (κ3) is 2.42. The van der Waals surface area contributed by atoms with E-state index in [0.29, 0.717) is 0 Å². The van der Waals surface area contributed by atoms with Crippen LogP contribution in [-0.2, 0) is 11.8 Å². The molecule has 33 heavy (non-hydrogen) atoms. The first-order chi connectivity index (χ1) is 16.3. The molecule has 1 spiro atoms. The molecule has 1 atom stereocenters. The van der Waals surface area contributed by atoms with E-state index in [4.69, 9.17) is 5.73 Å². The van der Waals surface area contributed by atoms with Gasteiger partial charge in [0.2, 0.25) is 0 Å². The molecule has 4 aromatic rings. The number of nitrogen functional groups attached to an aromatic ring is 1. The van der Waals surface area contributed by atoms with Crippen LogP contribution in [0.4, 0.5) is 5.69 Å². The summed E-state index contributed by atoms with van der Waals surface area (Å²) in [6.07, 6.45) is 7.87. The molecule has 0 aliphatic heterocycles. The molecule has 1 heteroatoms. The predicted octanol–water partition coefficient (Wildman–Crippen LogP) is 7.29. The van der Waals surface area contributed by atoms with Crippen molar-refractivity contribution in [3.05, 3.63) is 142 Å². The van der Waals surface area contributed by atoms with E-state index in [0.717, 1.165) is 24.9 Å². The van der Waals surface area contributed by atoms with E-state index in [1.807, 2.05) is 0 Å². The zero-order valence-electron chi connectivity index (χ0n) is 18.5. The van der Waals surface area contributed by atoms with Gasteiger partial charge in [-0.3, -0.25) is 0 Å². The minimum absolute atomic E-state index is 0.282. The Bertz CT molecular complexity index is 1490. The number of allylic oxidation sites excluding steroid dienone is 4. The van der Waals surface area contributed by atoms with E-state index in [-0.39, 0.29) is 5.41 Å². The van der Waals surface area contributed by atoms with Crippen LogP contribution in [0.2, 0.25) is 0 Å². The molecule has 158 valence electrons. The molecule has 2 N–H and O–H groups in total. The Balaban J connectivity index is 1.58. The highest BCUT2D eigenvalue weighted by atomic mass is 14.6. The van der Waals surface area contributed by atoms with Crippen LogP contribution < -0.4 is 5.73 Å². The lowest BCUT2D eigenvalue weighted by molar-refractivity contribution is 0.780. The van der Waals surface area contributed by atoms with Gasteiger partial charge in [-0.25, -0.2) is 0 Å². The van der Waals surface area contributed by atoms with Gasteiger partial charge in [-0.2, -0.15) is 0 Å². The van der Waals surface area contributed by atoms with E-state index in [1.165, 1.54) is 55.7 Å². The summed E-state index contributed by atoms with van der Waals surface area (Å²) < 4.78 is 0. The summed E-state index contributed by atoms with van der Waals surface area (Å²) in [5.74, 6) is 0. The second-order valence-electron chi connectivity index (χ2n) is 9.44. The van der Waals surface area contributed by atoms with Crippen molar-refractivity contribution in [3.63, 3.8) is 0 Å². The van der Waals surface area contributed by atoms with Crippen molar-refractivity contribution in [2.24, 2.45) is 0 Å². The largest absolute Gasteiger partial charge is 0.399 e. The Kier molecular flexibility index (Phi) is 3.87. The number of benzene rings is 4. The first kappa shape index (κ1) is 18.7. The fraction of sp³-hybridized carbons (Fsp3) is 0.125. The Morgan fingerprint density at radius 1 is 0.727 bits per heavy atom. The fourth-order valence-electron chi connectivity index (χ4n) is 6.52. The highest BCUT2D eigenvalue weighted by Gasteiger charge is 2.52. The van der Waals surface area contributed by atoms with Crippen LogP contribution in [0, 0.1) is 0 Å². The van der Waals surface area contributed by atoms with Crippen molar-refractivity contribution >= 4 is 11.3 Å². The molecule has 0 bridgehead atoms. The summed E-state index contributed by atoms with van der Waals surface area (Å²) in [5, 5.41) is 0. The van der Waals surface area contributed by atoms with Gasteiger partial charge in [-0.05, 0) is 87.0 Å². The van der Waals surface area contributed by atoms with Gasteiger partial charge in [-0.1, -0.05) is 91.0 Å². The van der Waals surface area contributed by atoms with Crippen molar-refractivity contribution in [3.8, 4) is 11.1 Å². The minimum atomic E-state index is -0.282. The summed E-state index contributed by atoms with van der Waals surface area (Å²) in [5.41, 5.74) is 20.9. The molecule has 0 aromatic heterocycles. The second-order valence-corrected chi connectivity index (χ2v) is 9.44. The van der Waals surface area contributed by atoms with Crippen molar-refractivity contribution < 1.29 is 0 Å². The van der Waals surface area contributed by atoms with Crippen molar-refractivity contribution in [2.45, 2.75) is 24.7 Å². The van der Waals surface area contributed by atoms with Crippen LogP contribution in [-0.4, -0.2) is 0 Å². The standard InChI is InChI=1S/C32H25N/c33-23-17-18-26-30(20-23)32(27-14-6-4-12-24(27)25-13-5-7-15-28(25)32)29-16-8-11-22(31(26)29)19-21-9-2-1-3-10-21/h1-4,6-12,14-18,20H,5,13,19,33H2. The third-order valence-electron chi connectivity index (χ3n) is 7.74. The molecule has 7 rings (SSSR count).